The van der Waals surface area contributed by atoms with Gasteiger partial charge in [0.2, 0.25) is 5.78 Å². The lowest BCUT2D eigenvalue weighted by atomic mass is 9.57. The molecular formula is C31H43N3O7. The third-order valence-electron chi connectivity index (χ3n) is 8.88. The molecular weight excluding hydrogens is 526 g/mol. The number of Topliss-reactive ketones (excluding diaryl/α,β-unsaturated/α-hetero) is 2. The van der Waals surface area contributed by atoms with Crippen LogP contribution in [0.15, 0.2) is 23.0 Å². The van der Waals surface area contributed by atoms with Crippen molar-refractivity contribution in [2.45, 2.75) is 70.9 Å². The van der Waals surface area contributed by atoms with Gasteiger partial charge in [0.1, 0.15) is 22.8 Å². The predicted octanol–water partition coefficient (Wildman–Crippen LogP) is 2.79. The highest BCUT2D eigenvalue weighted by atomic mass is 16.3. The molecule has 10 heteroatoms. The summed E-state index contributed by atoms with van der Waals surface area (Å²) in [6, 6.07) is 0.815. The van der Waals surface area contributed by atoms with E-state index in [-0.39, 0.29) is 35.1 Å². The van der Waals surface area contributed by atoms with E-state index in [0.717, 1.165) is 24.9 Å². The fourth-order valence-electron chi connectivity index (χ4n) is 6.91. The molecule has 1 aromatic carbocycles. The molecule has 0 bridgehead atoms. The largest absolute Gasteiger partial charge is 0.508 e. The smallest absolute Gasteiger partial charge is 0.255 e. The van der Waals surface area contributed by atoms with Crippen LogP contribution in [0.4, 0.5) is 5.69 Å². The highest BCUT2D eigenvalue weighted by Crippen LogP contribution is 2.54. The second-order valence-electron chi connectivity index (χ2n) is 13.4. The third-order valence-corrected chi connectivity index (χ3v) is 8.88. The van der Waals surface area contributed by atoms with Crippen molar-refractivity contribution < 1.29 is 34.8 Å². The van der Waals surface area contributed by atoms with E-state index >= 15 is 0 Å². The minimum atomic E-state index is -2.64. The number of fused-ring (bicyclic) bond motifs is 3. The summed E-state index contributed by atoms with van der Waals surface area (Å²) < 4.78 is 0. The van der Waals surface area contributed by atoms with Crippen LogP contribution < -0.4 is 10.6 Å². The number of likely N-dealkylation sites (N-methyl/N-ethyl adjacent to an activating group) is 1. The van der Waals surface area contributed by atoms with Crippen LogP contribution in [0, 0.1) is 17.3 Å². The Morgan fingerprint density at radius 2 is 1.73 bits per heavy atom. The predicted molar refractivity (Wildman–Crippen MR) is 156 cm³/mol. The van der Waals surface area contributed by atoms with Gasteiger partial charge in [-0.3, -0.25) is 19.3 Å². The molecule has 1 aromatic rings. The number of ketones is 2. The van der Waals surface area contributed by atoms with Crippen LogP contribution >= 0.6 is 0 Å². The van der Waals surface area contributed by atoms with Gasteiger partial charge >= 0.3 is 0 Å². The Hall–Kier alpha value is -3.37. The Labute approximate surface area is 241 Å². The summed E-state index contributed by atoms with van der Waals surface area (Å²) in [5.74, 6) is -6.38. The van der Waals surface area contributed by atoms with Gasteiger partial charge in [-0.15, -0.1) is 0 Å². The molecule has 10 nitrogen and oxygen atoms in total. The average molecular weight is 570 g/mol. The van der Waals surface area contributed by atoms with Gasteiger partial charge in [0.05, 0.1) is 11.6 Å². The Morgan fingerprint density at radius 3 is 2.27 bits per heavy atom. The highest BCUT2D eigenvalue weighted by Gasteiger charge is 2.64. The van der Waals surface area contributed by atoms with Gasteiger partial charge in [-0.25, -0.2) is 0 Å². The first-order valence-corrected chi connectivity index (χ1v) is 14.1. The van der Waals surface area contributed by atoms with E-state index in [4.69, 9.17) is 5.73 Å². The monoisotopic (exact) mass is 569 g/mol. The van der Waals surface area contributed by atoms with Gasteiger partial charge in [-0.05, 0) is 74.7 Å². The molecule has 0 saturated heterocycles. The highest BCUT2D eigenvalue weighted by molar-refractivity contribution is 6.24. The Morgan fingerprint density at radius 1 is 1.10 bits per heavy atom. The number of carbonyl (C=O) groups is 3. The number of unbranched alkanes of at least 4 members (excludes halogenated alkanes) is 1. The second kappa shape index (κ2) is 10.5. The minimum absolute atomic E-state index is 0.0634. The number of aryl methyl sites for hydroxylation is 1. The lowest BCUT2D eigenvalue weighted by Gasteiger charge is -2.50. The van der Waals surface area contributed by atoms with Crippen molar-refractivity contribution >= 4 is 28.9 Å². The summed E-state index contributed by atoms with van der Waals surface area (Å²) >= 11 is 0. The molecule has 1 saturated carbocycles. The molecule has 41 heavy (non-hydrogen) atoms. The maximum absolute atomic E-state index is 14.1. The fraction of sp³-hybridized carbons (Fsp3) is 0.581. The van der Waals surface area contributed by atoms with Crippen molar-refractivity contribution in [1.82, 2.24) is 4.90 Å². The number of nitrogens with two attached hydrogens (primary N) is 1. The maximum atomic E-state index is 14.1. The molecule has 0 aromatic heterocycles. The van der Waals surface area contributed by atoms with Crippen LogP contribution in [0.1, 0.15) is 63.1 Å². The number of nitrogens with zero attached hydrogens (tertiary/aromatic N) is 2. The van der Waals surface area contributed by atoms with Crippen molar-refractivity contribution in [3.05, 3.63) is 39.7 Å². The zero-order valence-corrected chi connectivity index (χ0v) is 25.0. The van der Waals surface area contributed by atoms with E-state index in [2.05, 4.69) is 20.8 Å². The number of primary amides is 1. The first-order valence-electron chi connectivity index (χ1n) is 14.1. The van der Waals surface area contributed by atoms with Crippen LogP contribution in [0.25, 0.3) is 5.76 Å². The second-order valence-corrected chi connectivity index (χ2v) is 13.4. The number of aromatic hydroxyl groups is 1. The third kappa shape index (κ3) is 4.91. The number of carbonyl (C=O) groups excluding carboxylic acids is 3. The quantitative estimate of drug-likeness (QED) is 0.245. The van der Waals surface area contributed by atoms with Crippen LogP contribution in [0.5, 0.6) is 5.75 Å². The van der Waals surface area contributed by atoms with E-state index < -0.39 is 58.0 Å². The molecule has 4 rings (SSSR count). The van der Waals surface area contributed by atoms with Crippen LogP contribution in [-0.2, 0) is 27.2 Å². The van der Waals surface area contributed by atoms with Gasteiger partial charge in [0.25, 0.3) is 5.91 Å². The molecule has 1 amide bonds. The maximum Gasteiger partial charge on any atom is 0.255 e. The molecule has 0 unspecified atom stereocenters. The standard InChI is InChI=1S/C31H43N3O7/c1-30(2,3)11-9-8-10-15-14-19(33(4)5)17-12-16-13-18-23(34(6)7)26(37)22(29(32)40)28(39)31(18,41)27(38)20(16)25(36)21(17)24(15)35/h14,16,18,23,35-36,39,41H,8-13H2,1-7H3,(H2,32,40)/t16-,18-,23-,31-/m0/s1. The molecule has 3 aliphatic carbocycles. The molecule has 0 spiro atoms. The number of benzene rings is 1. The fourth-order valence-corrected chi connectivity index (χ4v) is 6.91. The molecule has 224 valence electrons. The summed E-state index contributed by atoms with van der Waals surface area (Å²) in [4.78, 5) is 42.9. The van der Waals surface area contributed by atoms with Gasteiger partial charge in [0, 0.05) is 31.3 Å². The molecule has 0 aliphatic heterocycles. The van der Waals surface area contributed by atoms with Crippen molar-refractivity contribution in [2.24, 2.45) is 23.0 Å². The number of phenols is 1. The Bertz CT molecular complexity index is 1370. The summed E-state index contributed by atoms with van der Waals surface area (Å²) in [5.41, 5.74) is 4.22. The van der Waals surface area contributed by atoms with Crippen molar-refractivity contribution in [1.29, 1.82) is 0 Å². The molecule has 0 radical (unpaired) electrons. The van der Waals surface area contributed by atoms with Crippen LogP contribution in [0.3, 0.4) is 0 Å². The van der Waals surface area contributed by atoms with E-state index in [9.17, 15) is 34.8 Å². The topological polar surface area (TPSA) is 165 Å². The summed E-state index contributed by atoms with van der Waals surface area (Å²) in [6.07, 6.45) is 3.70. The first kappa shape index (κ1) is 30.6. The van der Waals surface area contributed by atoms with Crippen molar-refractivity contribution in [3.63, 3.8) is 0 Å². The van der Waals surface area contributed by atoms with Crippen molar-refractivity contribution in [2.75, 3.05) is 33.1 Å². The number of aliphatic hydroxyl groups is 3. The van der Waals surface area contributed by atoms with Gasteiger partial charge < -0.3 is 31.1 Å². The number of hydrogen-bond donors (Lipinski definition) is 5. The van der Waals surface area contributed by atoms with Gasteiger partial charge in [-0.2, -0.15) is 0 Å². The number of amides is 1. The van der Waals surface area contributed by atoms with Crippen molar-refractivity contribution in [3.8, 4) is 5.75 Å². The SMILES string of the molecule is CN(C)c1cc(CCCCC(C)(C)C)c(O)c2c1C[C@H]1C[C@H]3[C@H](N(C)C)C(=O)C(C(N)=O)=C(O)[C@@]3(O)C(=O)C1=C2O. The molecule has 3 aliphatic rings. The lowest BCUT2D eigenvalue weighted by Crippen LogP contribution is -2.65. The average Bonchev–Trinajstić information content (AvgIpc) is 2.83. The molecule has 1 fully saturated rings. The van der Waals surface area contributed by atoms with E-state index in [1.54, 1.807) is 14.1 Å². The number of hydrogen-bond acceptors (Lipinski definition) is 9. The van der Waals surface area contributed by atoms with E-state index in [0.29, 0.717) is 17.5 Å². The number of phenolic OH excluding ortho intramolecular Hbond substituents is 1. The zero-order chi connectivity index (χ0) is 30.8. The number of anilines is 1. The Balaban J connectivity index is 1.87. The Kier molecular flexibility index (Phi) is 7.81. The normalized spacial score (nSPS) is 26.2. The number of aliphatic hydroxyl groups excluding tert-OH is 2. The zero-order valence-electron chi connectivity index (χ0n) is 25.0. The first-order chi connectivity index (χ1) is 18.9. The summed E-state index contributed by atoms with van der Waals surface area (Å²) in [7, 11) is 6.90. The molecule has 0 heterocycles. The van der Waals surface area contributed by atoms with Crippen LogP contribution in [0.2, 0.25) is 0 Å². The minimum Gasteiger partial charge on any atom is -0.508 e. The van der Waals surface area contributed by atoms with Gasteiger partial charge in [-0.1, -0.05) is 27.2 Å². The summed E-state index contributed by atoms with van der Waals surface area (Å²) in [5, 5.41) is 45.8. The lowest BCUT2D eigenvalue weighted by molar-refractivity contribution is -0.153. The molecule has 4 atom stereocenters. The van der Waals surface area contributed by atoms with E-state index in [1.807, 2.05) is 25.1 Å². The molecule has 6 N–H and O–H groups in total. The van der Waals surface area contributed by atoms with E-state index in [1.165, 1.54) is 4.90 Å². The van der Waals surface area contributed by atoms with Gasteiger partial charge in [0.15, 0.2) is 11.4 Å². The number of rotatable bonds is 7. The van der Waals surface area contributed by atoms with Crippen LogP contribution in [-0.4, -0.2) is 82.6 Å². The summed E-state index contributed by atoms with van der Waals surface area (Å²) in [6.45, 7) is 6.53.